The lowest BCUT2D eigenvalue weighted by Crippen LogP contribution is -2.59. The molecule has 1 aromatic rings. The first kappa shape index (κ1) is 14.4. The highest BCUT2D eigenvalue weighted by Crippen LogP contribution is 2.39. The minimum absolute atomic E-state index is 0.392. The second-order valence-corrected chi connectivity index (χ2v) is 5.40. The van der Waals surface area contributed by atoms with Gasteiger partial charge in [0.15, 0.2) is 12.0 Å². The van der Waals surface area contributed by atoms with Crippen LogP contribution in [0.15, 0.2) is 30.3 Å². The van der Waals surface area contributed by atoms with Gasteiger partial charge < -0.3 is 30.1 Å². The predicted molar refractivity (Wildman–Crippen MR) is 70.1 cm³/mol. The molecule has 3 rings (SSSR count). The molecule has 0 radical (unpaired) electrons. The van der Waals surface area contributed by atoms with Gasteiger partial charge in [0, 0.05) is 5.56 Å². The van der Waals surface area contributed by atoms with Crippen molar-refractivity contribution in [3.8, 4) is 0 Å². The maximum atomic E-state index is 12.1. The fourth-order valence-electron chi connectivity index (χ4n) is 2.67. The number of carbonyl (C=O) groups is 1. The van der Waals surface area contributed by atoms with E-state index in [1.807, 2.05) is 0 Å². The molecule has 6 atom stereocenters. The maximum Gasteiger partial charge on any atom is 0.253 e. The second-order valence-electron chi connectivity index (χ2n) is 5.40. The fraction of sp³-hybridized carbons (Fsp3) is 0.500. The van der Waals surface area contributed by atoms with Gasteiger partial charge in [-0.15, -0.1) is 0 Å². The topological polar surface area (TPSA) is 108 Å². The van der Waals surface area contributed by atoms with Crippen molar-refractivity contribution < 1.29 is 29.6 Å². The smallest absolute Gasteiger partial charge is 0.253 e. The summed E-state index contributed by atoms with van der Waals surface area (Å²) >= 11 is 0. The van der Waals surface area contributed by atoms with E-state index >= 15 is 0 Å². The summed E-state index contributed by atoms with van der Waals surface area (Å²) in [6, 6.07) is 8.51. The number of nitrogens with one attached hydrogen (secondary N) is 1. The van der Waals surface area contributed by atoms with Crippen molar-refractivity contribution in [2.24, 2.45) is 0 Å². The van der Waals surface area contributed by atoms with E-state index in [0.29, 0.717) is 5.56 Å². The molecule has 4 N–H and O–H groups in total. The Balaban J connectivity index is 1.77. The van der Waals surface area contributed by atoms with Crippen molar-refractivity contribution in [1.29, 1.82) is 0 Å². The number of aliphatic hydroxyl groups is 3. The summed E-state index contributed by atoms with van der Waals surface area (Å²) in [5.41, 5.74) is 0.434. The number of benzene rings is 1. The first-order valence-electron chi connectivity index (χ1n) is 6.68. The van der Waals surface area contributed by atoms with Crippen LogP contribution in [0.25, 0.3) is 0 Å². The number of fused-ring (bicyclic) bond motifs is 2. The molecule has 1 amide bonds. The van der Waals surface area contributed by atoms with E-state index in [9.17, 15) is 20.1 Å². The minimum atomic E-state index is -1.46. The van der Waals surface area contributed by atoms with Crippen LogP contribution in [0.3, 0.4) is 0 Å². The molecule has 2 aliphatic heterocycles. The Morgan fingerprint density at radius 3 is 2.48 bits per heavy atom. The number of carbonyl (C=O) groups excluding carboxylic acids is 1. The van der Waals surface area contributed by atoms with E-state index < -0.39 is 42.3 Å². The molecule has 2 heterocycles. The lowest BCUT2D eigenvalue weighted by atomic mass is 9.95. The van der Waals surface area contributed by atoms with Crippen LogP contribution in [0.2, 0.25) is 0 Å². The van der Waals surface area contributed by atoms with Gasteiger partial charge in [0.2, 0.25) is 0 Å². The predicted octanol–water partition coefficient (Wildman–Crippen LogP) is -1.03. The van der Waals surface area contributed by atoms with Gasteiger partial charge >= 0.3 is 0 Å². The molecule has 2 saturated heterocycles. The number of rotatable bonds is 2. The zero-order chi connectivity index (χ0) is 15.2. The largest absolute Gasteiger partial charge is 0.387 e. The summed E-state index contributed by atoms with van der Waals surface area (Å²) in [5.74, 6) is -1.85. The highest BCUT2D eigenvalue weighted by Gasteiger charge is 2.60. The molecular weight excluding hydrogens is 278 g/mol. The van der Waals surface area contributed by atoms with Gasteiger partial charge in [-0.05, 0) is 19.1 Å². The Bertz CT molecular complexity index is 538. The zero-order valence-electron chi connectivity index (χ0n) is 11.3. The molecule has 2 fully saturated rings. The van der Waals surface area contributed by atoms with Crippen molar-refractivity contribution in [3.63, 3.8) is 0 Å². The zero-order valence-corrected chi connectivity index (χ0v) is 11.3. The number of ether oxygens (including phenoxy) is 2. The fourth-order valence-corrected chi connectivity index (χ4v) is 2.67. The van der Waals surface area contributed by atoms with Crippen LogP contribution in [0.4, 0.5) is 0 Å². The molecule has 1 aromatic carbocycles. The van der Waals surface area contributed by atoms with Crippen LogP contribution in [-0.4, -0.2) is 57.7 Å². The van der Waals surface area contributed by atoms with Gasteiger partial charge in [0.1, 0.15) is 24.4 Å². The van der Waals surface area contributed by atoms with E-state index in [2.05, 4.69) is 5.32 Å². The summed E-state index contributed by atoms with van der Waals surface area (Å²) in [5, 5.41) is 32.2. The van der Waals surface area contributed by atoms with Gasteiger partial charge in [-0.25, -0.2) is 0 Å². The number of amides is 1. The van der Waals surface area contributed by atoms with Crippen LogP contribution >= 0.6 is 0 Å². The molecule has 7 heteroatoms. The van der Waals surface area contributed by atoms with Crippen LogP contribution in [0, 0.1) is 0 Å². The van der Waals surface area contributed by atoms with Crippen molar-refractivity contribution in [2.45, 2.75) is 43.4 Å². The third-order valence-corrected chi connectivity index (χ3v) is 3.89. The summed E-state index contributed by atoms with van der Waals surface area (Å²) in [7, 11) is 0. The highest BCUT2D eigenvalue weighted by atomic mass is 16.8. The Hall–Kier alpha value is -1.51. The molecule has 21 heavy (non-hydrogen) atoms. The van der Waals surface area contributed by atoms with Crippen LogP contribution < -0.4 is 5.32 Å². The second kappa shape index (κ2) is 5.04. The number of aliphatic hydroxyl groups excluding tert-OH is 3. The average molecular weight is 295 g/mol. The quantitative estimate of drug-likeness (QED) is 0.556. The molecule has 7 nitrogen and oxygen atoms in total. The van der Waals surface area contributed by atoms with Crippen molar-refractivity contribution in [2.75, 3.05) is 0 Å². The molecule has 0 unspecified atom stereocenters. The van der Waals surface area contributed by atoms with Gasteiger partial charge in [-0.3, -0.25) is 4.79 Å². The Morgan fingerprint density at radius 1 is 1.14 bits per heavy atom. The van der Waals surface area contributed by atoms with E-state index in [1.54, 1.807) is 30.3 Å². The lowest BCUT2D eigenvalue weighted by Gasteiger charge is -2.38. The summed E-state index contributed by atoms with van der Waals surface area (Å²) in [6.45, 7) is 1.45. The van der Waals surface area contributed by atoms with Crippen LogP contribution in [-0.2, 0) is 9.47 Å². The van der Waals surface area contributed by atoms with E-state index in [-0.39, 0.29) is 0 Å². The third kappa shape index (κ3) is 2.33. The van der Waals surface area contributed by atoms with Gasteiger partial charge in [-0.1, -0.05) is 18.2 Å². The van der Waals surface area contributed by atoms with Gasteiger partial charge in [0.05, 0.1) is 0 Å². The first-order valence-corrected chi connectivity index (χ1v) is 6.68. The molecular formula is C14H17NO6. The molecule has 2 bridgehead atoms. The lowest BCUT2D eigenvalue weighted by molar-refractivity contribution is -0.286. The highest BCUT2D eigenvalue weighted by molar-refractivity contribution is 5.94. The monoisotopic (exact) mass is 295 g/mol. The normalized spacial score (nSPS) is 41.8. The van der Waals surface area contributed by atoms with Gasteiger partial charge in [0.25, 0.3) is 5.91 Å². The molecule has 0 spiro atoms. The molecule has 0 aromatic heterocycles. The first-order chi connectivity index (χ1) is 9.92. The van der Waals surface area contributed by atoms with Crippen LogP contribution in [0.5, 0.6) is 0 Å². The summed E-state index contributed by atoms with van der Waals surface area (Å²) in [6.07, 6.45) is -6.04. The van der Waals surface area contributed by atoms with E-state index in [4.69, 9.17) is 9.47 Å². The van der Waals surface area contributed by atoms with Gasteiger partial charge in [-0.2, -0.15) is 0 Å². The SMILES string of the molecule is C[C@]12O[C@H]([C@@H](O)[C@H](O)[C@@H]1O)[C@@H](NC(=O)c1ccccc1)O2. The Morgan fingerprint density at radius 2 is 1.81 bits per heavy atom. The standard InChI is InChI=1S/C14H17NO6/c1-14-11(18)9(17)8(16)10(20-14)13(21-14)15-12(19)7-5-3-2-4-6-7/h2-6,8-11,13,16-18H,1H3,(H,15,19)/t8-,9-,10+,11-,13-,14+/m0/s1. The van der Waals surface area contributed by atoms with E-state index in [1.165, 1.54) is 6.92 Å². The summed E-state index contributed by atoms with van der Waals surface area (Å²) < 4.78 is 10.9. The molecule has 0 saturated carbocycles. The summed E-state index contributed by atoms with van der Waals surface area (Å²) in [4.78, 5) is 12.1. The van der Waals surface area contributed by atoms with Crippen LogP contribution in [0.1, 0.15) is 17.3 Å². The number of hydrogen-bond acceptors (Lipinski definition) is 6. The average Bonchev–Trinajstić information content (AvgIpc) is 2.80. The van der Waals surface area contributed by atoms with Crippen molar-refractivity contribution in [3.05, 3.63) is 35.9 Å². The van der Waals surface area contributed by atoms with E-state index in [0.717, 1.165) is 0 Å². The number of hydrogen-bond donors (Lipinski definition) is 4. The maximum absolute atomic E-state index is 12.1. The molecule has 0 aliphatic carbocycles. The third-order valence-electron chi connectivity index (χ3n) is 3.89. The van der Waals surface area contributed by atoms with Crippen molar-refractivity contribution >= 4 is 5.91 Å². The molecule has 2 aliphatic rings. The Labute approximate surface area is 121 Å². The minimum Gasteiger partial charge on any atom is -0.387 e. The molecule has 114 valence electrons. The van der Waals surface area contributed by atoms with Crippen molar-refractivity contribution in [1.82, 2.24) is 5.32 Å². The Kier molecular flexibility index (Phi) is 3.46.